The molecule has 0 fully saturated rings. The van der Waals surface area contributed by atoms with Crippen molar-refractivity contribution < 1.29 is 9.32 Å². The Morgan fingerprint density at radius 2 is 1.85 bits per heavy atom. The SMILES string of the molecule is O=C(Nc1cccc(-c2nc(-c3ccccc3Cl)no2)c1)c1ccccn1. The first-order chi connectivity index (χ1) is 13.2. The number of rotatable bonds is 4. The molecule has 0 aliphatic heterocycles. The number of hydrogen-bond donors (Lipinski definition) is 1. The molecule has 4 rings (SSSR count). The Morgan fingerprint density at radius 3 is 2.67 bits per heavy atom. The van der Waals surface area contributed by atoms with Gasteiger partial charge in [0.05, 0.1) is 5.02 Å². The molecule has 6 nitrogen and oxygen atoms in total. The number of carbonyl (C=O) groups is 1. The molecule has 2 heterocycles. The first-order valence-corrected chi connectivity index (χ1v) is 8.50. The van der Waals surface area contributed by atoms with Crippen LogP contribution in [-0.2, 0) is 0 Å². The van der Waals surface area contributed by atoms with Crippen LogP contribution in [0.25, 0.3) is 22.8 Å². The van der Waals surface area contributed by atoms with Crippen LogP contribution in [0.5, 0.6) is 0 Å². The van der Waals surface area contributed by atoms with Gasteiger partial charge in [0, 0.05) is 23.0 Å². The van der Waals surface area contributed by atoms with E-state index in [1.165, 1.54) is 0 Å². The Balaban J connectivity index is 1.58. The van der Waals surface area contributed by atoms with Gasteiger partial charge in [0.15, 0.2) is 0 Å². The van der Waals surface area contributed by atoms with E-state index in [-0.39, 0.29) is 5.91 Å². The summed E-state index contributed by atoms with van der Waals surface area (Å²) in [6.07, 6.45) is 1.57. The third-order valence-electron chi connectivity index (χ3n) is 3.81. The number of aromatic nitrogens is 3. The lowest BCUT2D eigenvalue weighted by Crippen LogP contribution is -2.13. The summed E-state index contributed by atoms with van der Waals surface area (Å²) in [7, 11) is 0. The fraction of sp³-hybridized carbons (Fsp3) is 0. The van der Waals surface area contributed by atoms with Crippen LogP contribution in [-0.4, -0.2) is 21.0 Å². The van der Waals surface area contributed by atoms with Crippen LogP contribution in [0.1, 0.15) is 10.5 Å². The van der Waals surface area contributed by atoms with E-state index in [0.717, 1.165) is 0 Å². The molecule has 0 bridgehead atoms. The van der Waals surface area contributed by atoms with Gasteiger partial charge in [0.2, 0.25) is 5.82 Å². The zero-order valence-corrected chi connectivity index (χ0v) is 14.7. The van der Waals surface area contributed by atoms with Gasteiger partial charge >= 0.3 is 0 Å². The van der Waals surface area contributed by atoms with Gasteiger partial charge < -0.3 is 9.84 Å². The molecule has 0 aliphatic carbocycles. The van der Waals surface area contributed by atoms with Gasteiger partial charge in [0.25, 0.3) is 11.8 Å². The van der Waals surface area contributed by atoms with Crippen molar-refractivity contribution in [3.05, 3.63) is 83.6 Å². The van der Waals surface area contributed by atoms with E-state index >= 15 is 0 Å². The summed E-state index contributed by atoms with van der Waals surface area (Å²) in [5, 5.41) is 7.34. The van der Waals surface area contributed by atoms with Crippen molar-refractivity contribution in [2.45, 2.75) is 0 Å². The molecule has 7 heteroatoms. The van der Waals surface area contributed by atoms with Crippen LogP contribution in [0.3, 0.4) is 0 Å². The monoisotopic (exact) mass is 376 g/mol. The number of nitrogens with one attached hydrogen (secondary N) is 1. The molecular formula is C20H13ClN4O2. The summed E-state index contributed by atoms with van der Waals surface area (Å²) in [5.74, 6) is 0.437. The maximum Gasteiger partial charge on any atom is 0.274 e. The lowest BCUT2D eigenvalue weighted by molar-refractivity contribution is 0.102. The van der Waals surface area contributed by atoms with Crippen LogP contribution >= 0.6 is 11.6 Å². The quantitative estimate of drug-likeness (QED) is 0.558. The summed E-state index contributed by atoms with van der Waals surface area (Å²) < 4.78 is 5.36. The highest BCUT2D eigenvalue weighted by Gasteiger charge is 2.14. The average Bonchev–Trinajstić information content (AvgIpc) is 3.19. The Bertz CT molecular complexity index is 1100. The Labute approximate surface area is 159 Å². The van der Waals surface area contributed by atoms with Crippen LogP contribution in [0, 0.1) is 0 Å². The van der Waals surface area contributed by atoms with E-state index < -0.39 is 0 Å². The molecule has 27 heavy (non-hydrogen) atoms. The number of pyridine rings is 1. The third kappa shape index (κ3) is 3.70. The van der Waals surface area contributed by atoms with Gasteiger partial charge in [-0.15, -0.1) is 0 Å². The minimum atomic E-state index is -0.296. The number of halogens is 1. The average molecular weight is 377 g/mol. The molecule has 0 atom stereocenters. The second-order valence-electron chi connectivity index (χ2n) is 5.65. The summed E-state index contributed by atoms with van der Waals surface area (Å²) in [5.41, 5.74) is 2.30. The van der Waals surface area contributed by atoms with E-state index in [1.54, 1.807) is 48.7 Å². The second-order valence-corrected chi connectivity index (χ2v) is 6.06. The first-order valence-electron chi connectivity index (χ1n) is 8.12. The number of amides is 1. The molecule has 2 aromatic heterocycles. The summed E-state index contributed by atoms with van der Waals surface area (Å²) in [4.78, 5) is 20.7. The number of benzene rings is 2. The molecule has 0 saturated carbocycles. The van der Waals surface area contributed by atoms with Gasteiger partial charge in [-0.25, -0.2) is 0 Å². The zero-order chi connectivity index (χ0) is 18.6. The highest BCUT2D eigenvalue weighted by Crippen LogP contribution is 2.28. The van der Waals surface area contributed by atoms with Crippen molar-refractivity contribution in [1.82, 2.24) is 15.1 Å². The van der Waals surface area contributed by atoms with Crippen molar-refractivity contribution in [3.8, 4) is 22.8 Å². The molecule has 0 saturated heterocycles. The third-order valence-corrected chi connectivity index (χ3v) is 4.14. The van der Waals surface area contributed by atoms with Crippen molar-refractivity contribution >= 4 is 23.2 Å². The molecule has 0 aliphatic rings. The molecule has 1 amide bonds. The largest absolute Gasteiger partial charge is 0.334 e. The van der Waals surface area contributed by atoms with E-state index in [9.17, 15) is 4.79 Å². The Hall–Kier alpha value is -3.51. The number of carbonyl (C=O) groups excluding carboxylic acids is 1. The fourth-order valence-corrected chi connectivity index (χ4v) is 2.74. The molecular weight excluding hydrogens is 364 g/mol. The van der Waals surface area contributed by atoms with Crippen LogP contribution in [0.4, 0.5) is 5.69 Å². The smallest absolute Gasteiger partial charge is 0.274 e. The maximum absolute atomic E-state index is 12.2. The Kier molecular flexibility index (Phi) is 4.63. The standard InChI is InChI=1S/C20H13ClN4O2/c21-16-9-2-1-8-15(16)18-24-20(27-25-18)13-6-5-7-14(12-13)23-19(26)17-10-3-4-11-22-17/h1-12H,(H,23,26). The summed E-state index contributed by atoms with van der Waals surface area (Å²) >= 11 is 6.18. The van der Waals surface area contributed by atoms with E-state index in [4.69, 9.17) is 16.1 Å². The van der Waals surface area contributed by atoms with Crippen molar-refractivity contribution in [3.63, 3.8) is 0 Å². The van der Waals surface area contributed by atoms with E-state index in [2.05, 4.69) is 20.4 Å². The van der Waals surface area contributed by atoms with Crippen molar-refractivity contribution in [2.24, 2.45) is 0 Å². The van der Waals surface area contributed by atoms with Crippen LogP contribution in [0.2, 0.25) is 5.02 Å². The minimum absolute atomic E-state index is 0.296. The highest BCUT2D eigenvalue weighted by molar-refractivity contribution is 6.33. The first kappa shape index (κ1) is 16.9. The van der Waals surface area contributed by atoms with Gasteiger partial charge in [-0.3, -0.25) is 9.78 Å². The van der Waals surface area contributed by atoms with E-state index in [1.807, 2.05) is 24.3 Å². The predicted octanol–water partition coefficient (Wildman–Crippen LogP) is 4.70. The minimum Gasteiger partial charge on any atom is -0.334 e. The molecule has 2 aromatic carbocycles. The lowest BCUT2D eigenvalue weighted by atomic mass is 10.2. The van der Waals surface area contributed by atoms with Gasteiger partial charge in [-0.2, -0.15) is 4.98 Å². The molecule has 0 radical (unpaired) electrons. The molecule has 0 spiro atoms. The van der Waals surface area contributed by atoms with Crippen molar-refractivity contribution in [1.29, 1.82) is 0 Å². The predicted molar refractivity (Wildman–Crippen MR) is 102 cm³/mol. The normalized spacial score (nSPS) is 10.6. The van der Waals surface area contributed by atoms with E-state index in [0.29, 0.717) is 39.2 Å². The Morgan fingerprint density at radius 1 is 1.00 bits per heavy atom. The van der Waals surface area contributed by atoms with Crippen LogP contribution < -0.4 is 5.32 Å². The topological polar surface area (TPSA) is 80.9 Å². The molecule has 0 unspecified atom stereocenters. The van der Waals surface area contributed by atoms with Crippen LogP contribution in [0.15, 0.2) is 77.4 Å². The summed E-state index contributed by atoms with van der Waals surface area (Å²) in [6.45, 7) is 0. The van der Waals surface area contributed by atoms with Gasteiger partial charge in [0.1, 0.15) is 5.69 Å². The molecule has 4 aromatic rings. The number of anilines is 1. The van der Waals surface area contributed by atoms with Gasteiger partial charge in [-0.1, -0.05) is 41.0 Å². The molecule has 1 N–H and O–H groups in total. The zero-order valence-electron chi connectivity index (χ0n) is 14.0. The summed E-state index contributed by atoms with van der Waals surface area (Å²) in [6, 6.07) is 19.6. The highest BCUT2D eigenvalue weighted by atomic mass is 35.5. The number of nitrogens with zero attached hydrogens (tertiary/aromatic N) is 3. The fourth-order valence-electron chi connectivity index (χ4n) is 2.51. The molecule has 132 valence electrons. The number of hydrogen-bond acceptors (Lipinski definition) is 5. The second kappa shape index (κ2) is 7.39. The van der Waals surface area contributed by atoms with Gasteiger partial charge in [-0.05, 0) is 42.5 Å². The lowest BCUT2D eigenvalue weighted by Gasteiger charge is -2.05. The maximum atomic E-state index is 12.2. The van der Waals surface area contributed by atoms with Crippen molar-refractivity contribution in [2.75, 3.05) is 5.32 Å².